The van der Waals surface area contributed by atoms with E-state index in [1.54, 1.807) is 36.6 Å². The highest BCUT2D eigenvalue weighted by Crippen LogP contribution is 2.30. The summed E-state index contributed by atoms with van der Waals surface area (Å²) in [5, 5.41) is 6.50. The number of thiophene rings is 1. The van der Waals surface area contributed by atoms with Crippen molar-refractivity contribution in [2.45, 2.75) is 32.5 Å². The lowest BCUT2D eigenvalue weighted by Gasteiger charge is -2.13. The molecule has 0 unspecified atom stereocenters. The minimum Gasteiger partial charge on any atom is -0.495 e. The number of furan rings is 1. The molecule has 4 rings (SSSR count). The van der Waals surface area contributed by atoms with E-state index in [0.717, 1.165) is 22.2 Å². The summed E-state index contributed by atoms with van der Waals surface area (Å²) in [5.41, 5.74) is 1.70. The first-order valence-electron chi connectivity index (χ1n) is 10.7. The molecule has 1 aromatic carbocycles. The van der Waals surface area contributed by atoms with Crippen molar-refractivity contribution in [2.75, 3.05) is 23.5 Å². The van der Waals surface area contributed by atoms with Crippen LogP contribution in [0.3, 0.4) is 0 Å². The molecule has 0 aliphatic rings. The number of amides is 2. The lowest BCUT2D eigenvalue weighted by Crippen LogP contribution is -2.24. The fourth-order valence-electron chi connectivity index (χ4n) is 3.52. The number of ether oxygens (including phenoxy) is 1. The zero-order valence-corrected chi connectivity index (χ0v) is 21.3. The van der Waals surface area contributed by atoms with Gasteiger partial charge in [0.15, 0.2) is 5.16 Å². The average molecular weight is 513 g/mol. The molecule has 182 valence electrons. The number of aromatic nitrogens is 2. The third kappa shape index (κ3) is 5.41. The van der Waals surface area contributed by atoms with Gasteiger partial charge in [0, 0.05) is 17.5 Å². The zero-order valence-electron chi connectivity index (χ0n) is 19.6. The SMILES string of the molecule is COc1ccc(NC(C)=O)cc1NC(=O)CSc1nc2sc(C)c(C)c2c(=O)n1Cc1ccco1. The van der Waals surface area contributed by atoms with E-state index >= 15 is 0 Å². The maximum atomic E-state index is 13.4. The zero-order chi connectivity index (χ0) is 25.1. The molecule has 2 N–H and O–H groups in total. The van der Waals surface area contributed by atoms with E-state index in [-0.39, 0.29) is 29.7 Å². The number of fused-ring (bicyclic) bond motifs is 1. The van der Waals surface area contributed by atoms with E-state index in [9.17, 15) is 14.4 Å². The predicted molar refractivity (Wildman–Crippen MR) is 138 cm³/mol. The molecule has 3 heterocycles. The fraction of sp³-hybridized carbons (Fsp3) is 0.250. The molecule has 35 heavy (non-hydrogen) atoms. The van der Waals surface area contributed by atoms with Gasteiger partial charge in [0.05, 0.1) is 36.7 Å². The Kier molecular flexibility index (Phi) is 7.27. The molecule has 0 aliphatic carbocycles. The van der Waals surface area contributed by atoms with E-state index < -0.39 is 0 Å². The van der Waals surface area contributed by atoms with Gasteiger partial charge >= 0.3 is 0 Å². The number of nitrogens with one attached hydrogen (secondary N) is 2. The van der Waals surface area contributed by atoms with Crippen LogP contribution < -0.4 is 20.9 Å². The summed E-state index contributed by atoms with van der Waals surface area (Å²) in [7, 11) is 1.50. The third-order valence-corrected chi connectivity index (χ3v) is 7.35. The van der Waals surface area contributed by atoms with Gasteiger partial charge < -0.3 is 19.8 Å². The van der Waals surface area contributed by atoms with E-state index in [2.05, 4.69) is 10.6 Å². The normalized spacial score (nSPS) is 11.0. The van der Waals surface area contributed by atoms with E-state index in [1.807, 2.05) is 13.8 Å². The molecule has 0 spiro atoms. The van der Waals surface area contributed by atoms with Gasteiger partial charge in [0.1, 0.15) is 16.3 Å². The molecule has 4 aromatic rings. The van der Waals surface area contributed by atoms with Crippen LogP contribution in [0.4, 0.5) is 11.4 Å². The van der Waals surface area contributed by atoms with Gasteiger partial charge in [-0.05, 0) is 49.7 Å². The average Bonchev–Trinajstić information content (AvgIpc) is 3.42. The summed E-state index contributed by atoms with van der Waals surface area (Å²) in [4.78, 5) is 44.0. The minimum atomic E-state index is -0.314. The summed E-state index contributed by atoms with van der Waals surface area (Å²) in [6.45, 7) is 5.49. The van der Waals surface area contributed by atoms with Crippen LogP contribution in [0.15, 0.2) is 51.0 Å². The molecule has 0 radical (unpaired) electrons. The maximum Gasteiger partial charge on any atom is 0.263 e. The highest BCUT2D eigenvalue weighted by Gasteiger charge is 2.19. The van der Waals surface area contributed by atoms with Crippen molar-refractivity contribution in [1.29, 1.82) is 0 Å². The lowest BCUT2D eigenvalue weighted by atomic mass is 10.2. The molecule has 0 bridgehead atoms. The number of nitrogens with zero attached hydrogens (tertiary/aromatic N) is 2. The Labute approximate surface area is 209 Å². The van der Waals surface area contributed by atoms with E-state index in [0.29, 0.717) is 38.3 Å². The standard InChI is InChI=1S/C24H24N4O5S2/c1-13-14(2)35-22-21(13)23(31)28(11-17-6-5-9-33-17)24(27-22)34-12-20(30)26-18-10-16(25-15(3)29)7-8-19(18)32-4/h5-10H,11-12H2,1-4H3,(H,25,29)(H,26,30). The smallest absolute Gasteiger partial charge is 0.263 e. The second-order valence-corrected chi connectivity index (χ2v) is 9.91. The van der Waals surface area contributed by atoms with E-state index in [4.69, 9.17) is 14.1 Å². The van der Waals surface area contributed by atoms with Crippen molar-refractivity contribution in [2.24, 2.45) is 0 Å². The van der Waals surface area contributed by atoms with E-state index in [1.165, 1.54) is 29.9 Å². The number of benzene rings is 1. The Morgan fingerprint density at radius 2 is 2.03 bits per heavy atom. The monoisotopic (exact) mass is 512 g/mol. The molecule has 11 heteroatoms. The summed E-state index contributed by atoms with van der Waals surface area (Å²) in [5.74, 6) is 0.538. The first-order valence-corrected chi connectivity index (χ1v) is 12.5. The molecule has 0 fully saturated rings. The Balaban J connectivity index is 1.59. The Morgan fingerprint density at radius 1 is 1.23 bits per heavy atom. The van der Waals surface area contributed by atoms with Crippen LogP contribution in [0.2, 0.25) is 0 Å². The first kappa shape index (κ1) is 24.6. The number of aryl methyl sites for hydroxylation is 2. The summed E-state index contributed by atoms with van der Waals surface area (Å²) in [6, 6.07) is 8.51. The van der Waals surface area contributed by atoms with Crippen LogP contribution in [-0.4, -0.2) is 34.2 Å². The van der Waals surface area contributed by atoms with Crippen molar-refractivity contribution in [3.8, 4) is 5.75 Å². The number of carbonyl (C=O) groups excluding carboxylic acids is 2. The lowest BCUT2D eigenvalue weighted by molar-refractivity contribution is -0.114. The second kappa shape index (κ2) is 10.4. The summed E-state index contributed by atoms with van der Waals surface area (Å²) >= 11 is 2.62. The number of hydrogen-bond donors (Lipinski definition) is 2. The van der Waals surface area contributed by atoms with Crippen LogP contribution in [0.1, 0.15) is 23.1 Å². The number of rotatable bonds is 8. The Bertz CT molecular complexity index is 1460. The van der Waals surface area contributed by atoms with Gasteiger partial charge in [-0.3, -0.25) is 19.0 Å². The minimum absolute atomic E-state index is 0.00690. The molecule has 0 saturated carbocycles. The number of carbonyl (C=O) groups is 2. The highest BCUT2D eigenvalue weighted by molar-refractivity contribution is 7.99. The quantitative estimate of drug-likeness (QED) is 0.265. The molecule has 9 nitrogen and oxygen atoms in total. The second-order valence-electron chi connectivity index (χ2n) is 7.76. The third-order valence-electron chi connectivity index (χ3n) is 5.27. The van der Waals surface area contributed by atoms with Crippen molar-refractivity contribution in [3.05, 3.63) is 63.1 Å². The molecular weight excluding hydrogens is 488 g/mol. The van der Waals surface area contributed by atoms with Crippen molar-refractivity contribution < 1.29 is 18.7 Å². The highest BCUT2D eigenvalue weighted by atomic mass is 32.2. The maximum absolute atomic E-state index is 13.4. The van der Waals surface area contributed by atoms with Gasteiger partial charge in [0.2, 0.25) is 11.8 Å². The molecule has 3 aromatic heterocycles. The topological polar surface area (TPSA) is 115 Å². The number of methoxy groups -OCH3 is 1. The van der Waals surface area contributed by atoms with Gasteiger partial charge in [-0.15, -0.1) is 11.3 Å². The number of hydrogen-bond acceptors (Lipinski definition) is 8. The van der Waals surface area contributed by atoms with Crippen LogP contribution in [-0.2, 0) is 16.1 Å². The molecule has 0 saturated heterocycles. The van der Waals surface area contributed by atoms with Gasteiger partial charge in [-0.25, -0.2) is 4.98 Å². The molecule has 2 amide bonds. The van der Waals surface area contributed by atoms with Crippen molar-refractivity contribution in [3.63, 3.8) is 0 Å². The van der Waals surface area contributed by atoms with Gasteiger partial charge in [-0.2, -0.15) is 0 Å². The number of anilines is 2. The van der Waals surface area contributed by atoms with Crippen LogP contribution in [0.25, 0.3) is 10.2 Å². The van der Waals surface area contributed by atoms with Crippen molar-refractivity contribution >= 4 is 56.5 Å². The predicted octanol–water partition coefficient (Wildman–Crippen LogP) is 4.41. The van der Waals surface area contributed by atoms with Crippen LogP contribution in [0.5, 0.6) is 5.75 Å². The van der Waals surface area contributed by atoms with Gasteiger partial charge in [-0.1, -0.05) is 11.8 Å². The van der Waals surface area contributed by atoms with Gasteiger partial charge in [0.25, 0.3) is 5.56 Å². The van der Waals surface area contributed by atoms with Crippen LogP contribution in [0, 0.1) is 13.8 Å². The molecule has 0 aliphatic heterocycles. The fourth-order valence-corrected chi connectivity index (χ4v) is 5.39. The summed E-state index contributed by atoms with van der Waals surface area (Å²) in [6.07, 6.45) is 1.55. The number of thioether (sulfide) groups is 1. The molecular formula is C24H24N4O5S2. The Morgan fingerprint density at radius 3 is 2.71 bits per heavy atom. The molecule has 0 atom stereocenters. The van der Waals surface area contributed by atoms with Crippen molar-refractivity contribution in [1.82, 2.24) is 9.55 Å². The first-order chi connectivity index (χ1) is 16.8. The Hall–Kier alpha value is -3.57. The largest absolute Gasteiger partial charge is 0.495 e. The van der Waals surface area contributed by atoms with Crippen LogP contribution >= 0.6 is 23.1 Å². The summed E-state index contributed by atoms with van der Waals surface area (Å²) < 4.78 is 12.3.